The monoisotopic (exact) mass is 260 g/mol. The van der Waals surface area contributed by atoms with Gasteiger partial charge in [-0.2, -0.15) is 0 Å². The third-order valence-corrected chi connectivity index (χ3v) is 3.50. The van der Waals surface area contributed by atoms with Crippen LogP contribution in [0, 0.1) is 0 Å². The molecule has 0 aliphatic carbocycles. The van der Waals surface area contributed by atoms with Gasteiger partial charge in [0.05, 0.1) is 25.9 Å². The van der Waals surface area contributed by atoms with Gasteiger partial charge >= 0.3 is 0 Å². The number of likely N-dealkylation sites (tertiary alicyclic amines) is 1. The summed E-state index contributed by atoms with van der Waals surface area (Å²) in [5, 5.41) is 9.86. The molecule has 0 spiro atoms. The van der Waals surface area contributed by atoms with Gasteiger partial charge in [-0.1, -0.05) is 0 Å². The summed E-state index contributed by atoms with van der Waals surface area (Å²) >= 11 is 0. The molecule has 0 aromatic carbocycles. The van der Waals surface area contributed by atoms with Crippen LogP contribution in [0.3, 0.4) is 0 Å². The first-order valence-electron chi connectivity index (χ1n) is 6.77. The Kier molecular flexibility index (Phi) is 7.77. The number of nitrogens with zero attached hydrogens (tertiary/aromatic N) is 2. The Balaban J connectivity index is 2.08. The highest BCUT2D eigenvalue weighted by Gasteiger charge is 2.21. The molecule has 0 bridgehead atoms. The summed E-state index contributed by atoms with van der Waals surface area (Å²) in [5.41, 5.74) is 0. The second-order valence-corrected chi connectivity index (χ2v) is 5.22. The topological polar surface area (TPSA) is 45.2 Å². The van der Waals surface area contributed by atoms with Gasteiger partial charge < -0.3 is 24.4 Å². The Morgan fingerprint density at radius 3 is 2.50 bits per heavy atom. The Morgan fingerprint density at radius 2 is 1.94 bits per heavy atom. The van der Waals surface area contributed by atoms with E-state index < -0.39 is 6.10 Å². The molecule has 1 atom stereocenters. The lowest BCUT2D eigenvalue weighted by atomic mass is 10.0. The molecule has 108 valence electrons. The van der Waals surface area contributed by atoms with Crippen molar-refractivity contribution in [2.75, 3.05) is 60.7 Å². The van der Waals surface area contributed by atoms with E-state index in [2.05, 4.69) is 23.9 Å². The molecule has 5 heteroatoms. The number of aliphatic hydroxyl groups is 1. The average molecular weight is 260 g/mol. The van der Waals surface area contributed by atoms with Crippen LogP contribution in [-0.4, -0.2) is 87.7 Å². The van der Waals surface area contributed by atoms with Crippen molar-refractivity contribution in [2.24, 2.45) is 0 Å². The van der Waals surface area contributed by atoms with Crippen LogP contribution in [0.15, 0.2) is 0 Å². The fraction of sp³-hybridized carbons (Fsp3) is 1.00. The third kappa shape index (κ3) is 6.11. The molecule has 5 nitrogen and oxygen atoms in total. The summed E-state index contributed by atoms with van der Waals surface area (Å²) < 4.78 is 10.2. The van der Waals surface area contributed by atoms with E-state index in [0.29, 0.717) is 32.4 Å². The molecule has 1 aliphatic heterocycles. The summed E-state index contributed by atoms with van der Waals surface area (Å²) in [5.74, 6) is 0. The van der Waals surface area contributed by atoms with Crippen LogP contribution in [0.5, 0.6) is 0 Å². The van der Waals surface area contributed by atoms with E-state index in [1.807, 2.05) is 0 Å². The van der Waals surface area contributed by atoms with Gasteiger partial charge in [-0.25, -0.2) is 0 Å². The maximum atomic E-state index is 9.86. The highest BCUT2D eigenvalue weighted by Crippen LogP contribution is 2.14. The first kappa shape index (κ1) is 15.9. The molecule has 1 rings (SSSR count). The van der Waals surface area contributed by atoms with E-state index >= 15 is 0 Å². The number of methoxy groups -OCH3 is 1. The van der Waals surface area contributed by atoms with Gasteiger partial charge in [0.1, 0.15) is 0 Å². The fourth-order valence-electron chi connectivity index (χ4n) is 2.33. The van der Waals surface area contributed by atoms with Crippen molar-refractivity contribution in [3.63, 3.8) is 0 Å². The zero-order valence-corrected chi connectivity index (χ0v) is 12.0. The molecule has 0 aromatic rings. The van der Waals surface area contributed by atoms with Crippen molar-refractivity contribution in [3.05, 3.63) is 0 Å². The molecule has 1 N–H and O–H groups in total. The van der Waals surface area contributed by atoms with Crippen molar-refractivity contribution < 1.29 is 14.6 Å². The quantitative estimate of drug-likeness (QED) is 0.624. The van der Waals surface area contributed by atoms with E-state index in [0.717, 1.165) is 13.1 Å². The third-order valence-electron chi connectivity index (χ3n) is 3.50. The lowest BCUT2D eigenvalue weighted by Gasteiger charge is -2.35. The Bertz CT molecular complexity index is 206. The number of hydrogen-bond acceptors (Lipinski definition) is 5. The van der Waals surface area contributed by atoms with Crippen molar-refractivity contribution in [1.29, 1.82) is 0 Å². The van der Waals surface area contributed by atoms with E-state index in [9.17, 15) is 5.11 Å². The van der Waals surface area contributed by atoms with Gasteiger partial charge in [-0.15, -0.1) is 0 Å². The maximum absolute atomic E-state index is 9.86. The molecule has 0 aromatic heterocycles. The number of piperidine rings is 1. The summed E-state index contributed by atoms with van der Waals surface area (Å²) in [6, 6.07) is 0.691. The normalized spacial score (nSPS) is 20.5. The molecule has 18 heavy (non-hydrogen) atoms. The lowest BCUT2D eigenvalue weighted by molar-refractivity contribution is -0.00551. The highest BCUT2D eigenvalue weighted by molar-refractivity contribution is 4.78. The van der Waals surface area contributed by atoms with Crippen LogP contribution >= 0.6 is 0 Å². The summed E-state index contributed by atoms with van der Waals surface area (Å²) in [7, 11) is 5.92. The molecular formula is C13H28N2O3. The SMILES string of the molecule is COCCOCC(O)CN1CCC(N(C)C)CC1. The highest BCUT2D eigenvalue weighted by atomic mass is 16.5. The first-order valence-corrected chi connectivity index (χ1v) is 6.77. The minimum absolute atomic E-state index is 0.391. The molecular weight excluding hydrogens is 232 g/mol. The number of aliphatic hydroxyl groups excluding tert-OH is 1. The molecule has 0 saturated carbocycles. The van der Waals surface area contributed by atoms with Crippen molar-refractivity contribution in [2.45, 2.75) is 25.0 Å². The number of ether oxygens (including phenoxy) is 2. The number of β-amino-alcohol motifs (C(OH)–C–C–N with tert-alkyl or cyclic N) is 1. The van der Waals surface area contributed by atoms with Crippen LogP contribution < -0.4 is 0 Å². The fourth-order valence-corrected chi connectivity index (χ4v) is 2.33. The summed E-state index contributed by atoms with van der Waals surface area (Å²) in [6.07, 6.45) is 1.98. The van der Waals surface area contributed by atoms with E-state index in [1.165, 1.54) is 12.8 Å². The average Bonchev–Trinajstić information content (AvgIpc) is 2.35. The van der Waals surface area contributed by atoms with Gasteiger partial charge in [-0.05, 0) is 40.0 Å². The lowest BCUT2D eigenvalue weighted by Crippen LogP contribution is -2.45. The zero-order valence-electron chi connectivity index (χ0n) is 12.0. The van der Waals surface area contributed by atoms with Crippen LogP contribution in [0.2, 0.25) is 0 Å². The van der Waals surface area contributed by atoms with Crippen LogP contribution in [-0.2, 0) is 9.47 Å². The summed E-state index contributed by atoms with van der Waals surface area (Å²) in [4.78, 5) is 4.62. The standard InChI is InChI=1S/C13H28N2O3/c1-14(2)12-4-6-15(7-5-12)10-13(16)11-18-9-8-17-3/h12-13,16H,4-11H2,1-3H3. The van der Waals surface area contributed by atoms with Crippen molar-refractivity contribution in [3.8, 4) is 0 Å². The van der Waals surface area contributed by atoms with Gasteiger partial charge in [0, 0.05) is 19.7 Å². The summed E-state index contributed by atoms with van der Waals surface area (Å²) in [6.45, 7) is 4.39. The van der Waals surface area contributed by atoms with E-state index in [-0.39, 0.29) is 0 Å². The van der Waals surface area contributed by atoms with Crippen molar-refractivity contribution >= 4 is 0 Å². The number of rotatable bonds is 8. The Morgan fingerprint density at radius 1 is 1.28 bits per heavy atom. The molecule has 1 saturated heterocycles. The largest absolute Gasteiger partial charge is 0.389 e. The molecule has 1 aliphatic rings. The van der Waals surface area contributed by atoms with Crippen LogP contribution in [0.25, 0.3) is 0 Å². The maximum Gasteiger partial charge on any atom is 0.0900 e. The zero-order chi connectivity index (χ0) is 13.4. The second-order valence-electron chi connectivity index (χ2n) is 5.22. The molecule has 1 fully saturated rings. The predicted molar refractivity (Wildman–Crippen MR) is 71.9 cm³/mol. The molecule has 1 unspecified atom stereocenters. The van der Waals surface area contributed by atoms with Gasteiger partial charge in [0.25, 0.3) is 0 Å². The Labute approximate surface area is 111 Å². The Hall–Kier alpha value is -0.200. The predicted octanol–water partition coefficient (Wildman–Crippen LogP) is 0.0363. The van der Waals surface area contributed by atoms with Gasteiger partial charge in [0.15, 0.2) is 0 Å². The first-order chi connectivity index (χ1) is 8.63. The molecule has 0 radical (unpaired) electrons. The number of hydrogen-bond donors (Lipinski definition) is 1. The van der Waals surface area contributed by atoms with E-state index in [1.54, 1.807) is 7.11 Å². The van der Waals surface area contributed by atoms with E-state index in [4.69, 9.17) is 9.47 Å². The minimum atomic E-state index is -0.391. The molecule has 0 amide bonds. The minimum Gasteiger partial charge on any atom is -0.389 e. The second kappa shape index (κ2) is 8.82. The molecule has 1 heterocycles. The van der Waals surface area contributed by atoms with Gasteiger partial charge in [0.2, 0.25) is 0 Å². The smallest absolute Gasteiger partial charge is 0.0900 e. The van der Waals surface area contributed by atoms with Crippen molar-refractivity contribution in [1.82, 2.24) is 9.80 Å². The van der Waals surface area contributed by atoms with Crippen LogP contribution in [0.1, 0.15) is 12.8 Å². The van der Waals surface area contributed by atoms with Crippen LogP contribution in [0.4, 0.5) is 0 Å². The van der Waals surface area contributed by atoms with Gasteiger partial charge in [-0.3, -0.25) is 0 Å².